The van der Waals surface area contributed by atoms with Crippen LogP contribution >= 0.6 is 0 Å². The lowest BCUT2D eigenvalue weighted by atomic mass is 10.0. The number of pyridine rings is 1. The predicted octanol–water partition coefficient (Wildman–Crippen LogP) is 3.34. The Hall–Kier alpha value is -3.48. The van der Waals surface area contributed by atoms with Gasteiger partial charge in [0.25, 0.3) is 0 Å². The summed E-state index contributed by atoms with van der Waals surface area (Å²) in [6.45, 7) is 0.472. The minimum Gasteiger partial charge on any atom is -0.493 e. The van der Waals surface area contributed by atoms with Crippen molar-refractivity contribution in [2.24, 2.45) is 0 Å². The minimum atomic E-state index is -0.805. The molecule has 2 amide bonds. The second-order valence-electron chi connectivity index (χ2n) is 6.57. The number of carbonyl (C=O) groups excluding carboxylic acids is 2. The summed E-state index contributed by atoms with van der Waals surface area (Å²) in [5.41, 5.74) is 1.75. The van der Waals surface area contributed by atoms with Gasteiger partial charge in [-0.2, -0.15) is 0 Å². The summed E-state index contributed by atoms with van der Waals surface area (Å²) >= 11 is 0. The number of aromatic nitrogens is 1. The first-order valence-corrected chi connectivity index (χ1v) is 8.99. The first kappa shape index (κ1) is 17.9. The fourth-order valence-corrected chi connectivity index (χ4v) is 3.25. The van der Waals surface area contributed by atoms with Crippen molar-refractivity contribution in [3.8, 4) is 5.75 Å². The highest BCUT2D eigenvalue weighted by molar-refractivity contribution is 6.39. The Labute approximate surface area is 160 Å². The number of carbonyl (C=O) groups is 2. The molecule has 1 atom stereocenters. The van der Waals surface area contributed by atoms with E-state index in [0.29, 0.717) is 36.4 Å². The zero-order chi connectivity index (χ0) is 19.5. The SMILES string of the molecule is O=C(Nc1cnc2ccccc2c1)C(=O)N[C@@H]1CCCOc2ccc(F)cc21. The van der Waals surface area contributed by atoms with E-state index in [9.17, 15) is 14.0 Å². The van der Waals surface area contributed by atoms with Gasteiger partial charge >= 0.3 is 11.8 Å². The molecule has 7 heteroatoms. The Morgan fingerprint density at radius 2 is 1.96 bits per heavy atom. The van der Waals surface area contributed by atoms with E-state index >= 15 is 0 Å². The summed E-state index contributed by atoms with van der Waals surface area (Å²) in [6, 6.07) is 12.9. The van der Waals surface area contributed by atoms with Crippen molar-refractivity contribution in [1.29, 1.82) is 0 Å². The zero-order valence-corrected chi connectivity index (χ0v) is 14.9. The van der Waals surface area contributed by atoms with E-state index in [4.69, 9.17) is 4.74 Å². The van der Waals surface area contributed by atoms with Crippen LogP contribution in [-0.4, -0.2) is 23.4 Å². The summed E-state index contributed by atoms with van der Waals surface area (Å²) in [5, 5.41) is 6.09. The molecule has 0 spiro atoms. The molecule has 28 heavy (non-hydrogen) atoms. The molecule has 0 unspecified atom stereocenters. The van der Waals surface area contributed by atoms with Crippen molar-refractivity contribution in [2.45, 2.75) is 18.9 Å². The van der Waals surface area contributed by atoms with Crippen LogP contribution in [-0.2, 0) is 9.59 Å². The molecular formula is C21H18FN3O3. The molecule has 0 aliphatic carbocycles. The molecule has 6 nitrogen and oxygen atoms in total. The van der Waals surface area contributed by atoms with Gasteiger partial charge in [0.2, 0.25) is 0 Å². The average molecular weight is 379 g/mol. The van der Waals surface area contributed by atoms with E-state index in [1.54, 1.807) is 6.07 Å². The summed E-state index contributed by atoms with van der Waals surface area (Å²) in [7, 11) is 0. The van der Waals surface area contributed by atoms with Gasteiger partial charge in [0.05, 0.1) is 30.0 Å². The van der Waals surface area contributed by atoms with Crippen LogP contribution in [0.15, 0.2) is 54.7 Å². The van der Waals surface area contributed by atoms with Gasteiger partial charge in [-0.05, 0) is 43.2 Å². The summed E-state index contributed by atoms with van der Waals surface area (Å²) in [6.07, 6.45) is 2.72. The van der Waals surface area contributed by atoms with Crippen molar-refractivity contribution in [3.05, 3.63) is 66.1 Å². The molecule has 1 aliphatic rings. The van der Waals surface area contributed by atoms with Crippen LogP contribution in [0.2, 0.25) is 0 Å². The number of ether oxygens (including phenoxy) is 1. The molecule has 4 rings (SSSR count). The van der Waals surface area contributed by atoms with Crippen molar-refractivity contribution in [2.75, 3.05) is 11.9 Å². The number of anilines is 1. The van der Waals surface area contributed by atoms with Gasteiger partial charge in [0.15, 0.2) is 0 Å². The smallest absolute Gasteiger partial charge is 0.313 e. The Balaban J connectivity index is 1.48. The molecule has 1 aliphatic heterocycles. The normalized spacial score (nSPS) is 15.8. The Morgan fingerprint density at radius 1 is 1.11 bits per heavy atom. The number of nitrogens with one attached hydrogen (secondary N) is 2. The van der Waals surface area contributed by atoms with Gasteiger partial charge in [-0.1, -0.05) is 18.2 Å². The maximum atomic E-state index is 13.7. The number of amides is 2. The third-order valence-electron chi connectivity index (χ3n) is 4.60. The maximum Gasteiger partial charge on any atom is 0.313 e. The van der Waals surface area contributed by atoms with Crippen LogP contribution in [0.1, 0.15) is 24.4 Å². The van der Waals surface area contributed by atoms with Gasteiger partial charge < -0.3 is 15.4 Å². The van der Waals surface area contributed by atoms with Crippen LogP contribution in [0.5, 0.6) is 5.75 Å². The van der Waals surface area contributed by atoms with Gasteiger partial charge in [0, 0.05) is 10.9 Å². The van der Waals surface area contributed by atoms with E-state index in [1.807, 2.05) is 24.3 Å². The zero-order valence-electron chi connectivity index (χ0n) is 14.9. The number of hydrogen-bond acceptors (Lipinski definition) is 4. The van der Waals surface area contributed by atoms with E-state index in [2.05, 4.69) is 15.6 Å². The lowest BCUT2D eigenvalue weighted by Gasteiger charge is -2.18. The molecule has 0 radical (unpaired) electrons. The van der Waals surface area contributed by atoms with E-state index in [0.717, 1.165) is 10.9 Å². The highest BCUT2D eigenvalue weighted by atomic mass is 19.1. The highest BCUT2D eigenvalue weighted by Gasteiger charge is 2.25. The molecule has 0 fully saturated rings. The number of nitrogens with zero attached hydrogens (tertiary/aromatic N) is 1. The quantitative estimate of drug-likeness (QED) is 0.669. The average Bonchev–Trinajstić information content (AvgIpc) is 2.90. The summed E-state index contributed by atoms with van der Waals surface area (Å²) in [4.78, 5) is 29.0. The van der Waals surface area contributed by atoms with Crippen LogP contribution < -0.4 is 15.4 Å². The van der Waals surface area contributed by atoms with E-state index in [-0.39, 0.29) is 0 Å². The predicted molar refractivity (Wildman–Crippen MR) is 102 cm³/mol. The largest absolute Gasteiger partial charge is 0.493 e. The lowest BCUT2D eigenvalue weighted by molar-refractivity contribution is -0.136. The third kappa shape index (κ3) is 3.78. The number of halogens is 1. The standard InChI is InChI=1S/C21H18FN3O3/c22-14-7-8-19-16(11-14)18(6-3-9-28-19)25-21(27)20(26)24-15-10-13-4-1-2-5-17(13)23-12-15/h1-2,4-5,7-8,10-12,18H,3,6,9H2,(H,24,26)(H,25,27)/t18-/m1/s1. The molecule has 2 aromatic carbocycles. The van der Waals surface area contributed by atoms with Crippen molar-refractivity contribution < 1.29 is 18.7 Å². The monoisotopic (exact) mass is 379 g/mol. The number of rotatable bonds is 2. The Morgan fingerprint density at radius 3 is 2.86 bits per heavy atom. The number of benzene rings is 2. The third-order valence-corrected chi connectivity index (χ3v) is 4.60. The van der Waals surface area contributed by atoms with Crippen molar-refractivity contribution >= 4 is 28.4 Å². The molecule has 2 heterocycles. The molecule has 0 bridgehead atoms. The topological polar surface area (TPSA) is 80.3 Å². The fourth-order valence-electron chi connectivity index (χ4n) is 3.25. The minimum absolute atomic E-state index is 0.421. The Bertz CT molecular complexity index is 1050. The second kappa shape index (κ2) is 7.64. The molecule has 142 valence electrons. The number of fused-ring (bicyclic) bond motifs is 2. The molecule has 0 saturated heterocycles. The number of hydrogen-bond donors (Lipinski definition) is 2. The van der Waals surface area contributed by atoms with E-state index in [1.165, 1.54) is 24.4 Å². The van der Waals surface area contributed by atoms with Crippen LogP contribution in [0, 0.1) is 5.82 Å². The molecule has 1 aromatic heterocycles. The van der Waals surface area contributed by atoms with Gasteiger partial charge in [0.1, 0.15) is 11.6 Å². The fraction of sp³-hybridized carbons (Fsp3) is 0.190. The second-order valence-corrected chi connectivity index (χ2v) is 6.57. The molecule has 2 N–H and O–H groups in total. The van der Waals surface area contributed by atoms with Crippen LogP contribution in [0.3, 0.4) is 0 Å². The van der Waals surface area contributed by atoms with E-state index < -0.39 is 23.7 Å². The first-order chi connectivity index (χ1) is 13.6. The summed E-state index contributed by atoms with van der Waals surface area (Å²) < 4.78 is 19.2. The van der Waals surface area contributed by atoms with Crippen LogP contribution in [0.25, 0.3) is 10.9 Å². The van der Waals surface area contributed by atoms with Crippen molar-refractivity contribution in [3.63, 3.8) is 0 Å². The van der Waals surface area contributed by atoms with Crippen molar-refractivity contribution in [1.82, 2.24) is 10.3 Å². The van der Waals surface area contributed by atoms with Gasteiger partial charge in [-0.25, -0.2) is 4.39 Å². The molecular weight excluding hydrogens is 361 g/mol. The van der Waals surface area contributed by atoms with Gasteiger partial charge in [-0.3, -0.25) is 14.6 Å². The maximum absolute atomic E-state index is 13.7. The highest BCUT2D eigenvalue weighted by Crippen LogP contribution is 2.32. The van der Waals surface area contributed by atoms with Crippen LogP contribution in [0.4, 0.5) is 10.1 Å². The molecule has 0 saturated carbocycles. The number of para-hydroxylation sites is 1. The first-order valence-electron chi connectivity index (χ1n) is 8.99. The Kier molecular flexibility index (Phi) is 4.89. The van der Waals surface area contributed by atoms with Gasteiger partial charge in [-0.15, -0.1) is 0 Å². The molecule has 3 aromatic rings. The summed E-state index contributed by atoms with van der Waals surface area (Å²) in [5.74, 6) is -1.51. The lowest BCUT2D eigenvalue weighted by Crippen LogP contribution is -2.37.